The molecule has 0 bridgehead atoms. The number of allylic oxidation sites excluding steroid dienone is 5. The Balaban J connectivity index is 1.36. The molecule has 3 heteroatoms. The van der Waals surface area contributed by atoms with Gasteiger partial charge in [0.05, 0.1) is 22.1 Å². The van der Waals surface area contributed by atoms with E-state index in [1.54, 1.807) is 0 Å². The number of hydrogen-bond acceptors (Lipinski definition) is 2. The number of nitrogens with zero attached hydrogens (tertiary/aromatic N) is 2. The van der Waals surface area contributed by atoms with Crippen LogP contribution in [0.4, 0.5) is 11.4 Å². The summed E-state index contributed by atoms with van der Waals surface area (Å²) < 4.78 is 9.38. The number of ether oxygens (including phenoxy) is 1. The Kier molecular flexibility index (Phi) is 6.20. The number of para-hydroxylation sites is 3. The van der Waals surface area contributed by atoms with E-state index < -0.39 is 0 Å². The van der Waals surface area contributed by atoms with Crippen molar-refractivity contribution >= 4 is 33.2 Å². The molecular weight excluding hydrogens is 572 g/mol. The quantitative estimate of drug-likeness (QED) is 0.194. The Morgan fingerprint density at radius 2 is 1.47 bits per heavy atom. The number of aromatic nitrogens is 1. The van der Waals surface area contributed by atoms with Crippen LogP contribution >= 0.6 is 0 Å². The number of fused-ring (bicyclic) bond motifs is 7. The Hall–Kier alpha value is -5.54. The van der Waals surface area contributed by atoms with Gasteiger partial charge < -0.3 is 14.2 Å². The van der Waals surface area contributed by atoms with Crippen LogP contribution in [0, 0.1) is 0 Å². The highest BCUT2D eigenvalue weighted by molar-refractivity contribution is 6.18. The highest BCUT2D eigenvalue weighted by atomic mass is 16.5. The summed E-state index contributed by atoms with van der Waals surface area (Å²) in [5.41, 5.74) is 9.02. The van der Waals surface area contributed by atoms with Crippen LogP contribution in [0.2, 0.25) is 0 Å². The lowest BCUT2D eigenvalue weighted by Crippen LogP contribution is -2.33. The second-order valence-corrected chi connectivity index (χ2v) is 13.4. The van der Waals surface area contributed by atoms with E-state index in [-0.39, 0.29) is 16.9 Å². The van der Waals surface area contributed by atoms with Crippen LogP contribution in [0.15, 0.2) is 170 Å². The summed E-state index contributed by atoms with van der Waals surface area (Å²) in [5, 5.41) is 2.39. The van der Waals surface area contributed by atoms with E-state index in [0.29, 0.717) is 0 Å². The van der Waals surface area contributed by atoms with Crippen molar-refractivity contribution in [2.75, 3.05) is 4.90 Å². The molecule has 47 heavy (non-hydrogen) atoms. The molecule has 5 aromatic carbocycles. The standard InChI is InChI=1S/C44H36N2O/c1-43(31-16-6-3-7-17-31)28-25-34(26-29-43)45(32-18-8-4-9-19-32)38-30-36-42(47-39-24-14-15-27-44(36,39)2)41-40(38)35-22-12-13-23-37(35)46(41)33-20-10-5-11-21-33/h3-28,30,39H,29H2,1-2H3. The van der Waals surface area contributed by atoms with Gasteiger partial charge in [-0.15, -0.1) is 0 Å². The molecule has 2 heterocycles. The number of anilines is 2. The lowest BCUT2D eigenvalue weighted by Gasteiger charge is -2.34. The fourth-order valence-corrected chi connectivity index (χ4v) is 7.83. The zero-order valence-corrected chi connectivity index (χ0v) is 26.7. The van der Waals surface area contributed by atoms with Gasteiger partial charge in [0.2, 0.25) is 0 Å². The predicted octanol–water partition coefficient (Wildman–Crippen LogP) is 10.9. The van der Waals surface area contributed by atoms with Crippen LogP contribution in [0.3, 0.4) is 0 Å². The van der Waals surface area contributed by atoms with Crippen molar-refractivity contribution in [1.82, 2.24) is 4.57 Å². The number of benzene rings is 5. The lowest BCUT2D eigenvalue weighted by molar-refractivity contribution is 0.229. The zero-order chi connectivity index (χ0) is 31.6. The van der Waals surface area contributed by atoms with E-state index in [1.165, 1.54) is 27.6 Å². The molecule has 0 saturated carbocycles. The average Bonchev–Trinajstić information content (AvgIpc) is 3.63. The van der Waals surface area contributed by atoms with Gasteiger partial charge in [-0.3, -0.25) is 0 Å². The average molecular weight is 609 g/mol. The van der Waals surface area contributed by atoms with Crippen molar-refractivity contribution in [3.8, 4) is 11.4 Å². The maximum atomic E-state index is 6.98. The van der Waals surface area contributed by atoms with E-state index in [2.05, 4.69) is 187 Å². The first-order valence-corrected chi connectivity index (χ1v) is 16.5. The molecule has 0 spiro atoms. The van der Waals surface area contributed by atoms with E-state index in [9.17, 15) is 0 Å². The van der Waals surface area contributed by atoms with Crippen LogP contribution in [0.25, 0.3) is 27.5 Å². The summed E-state index contributed by atoms with van der Waals surface area (Å²) in [5.74, 6) is 0.963. The van der Waals surface area contributed by atoms with Gasteiger partial charge in [0, 0.05) is 38.8 Å². The van der Waals surface area contributed by atoms with Gasteiger partial charge in [-0.1, -0.05) is 122 Å². The fourth-order valence-electron chi connectivity index (χ4n) is 7.83. The minimum Gasteiger partial charge on any atom is -0.483 e. The van der Waals surface area contributed by atoms with Gasteiger partial charge in [-0.25, -0.2) is 0 Å². The molecule has 0 saturated heterocycles. The molecule has 0 amide bonds. The van der Waals surface area contributed by atoms with Crippen molar-refractivity contribution in [3.63, 3.8) is 0 Å². The summed E-state index contributed by atoms with van der Waals surface area (Å²) in [6.07, 6.45) is 16.7. The summed E-state index contributed by atoms with van der Waals surface area (Å²) in [4.78, 5) is 2.46. The number of rotatable bonds is 5. The third-order valence-electron chi connectivity index (χ3n) is 10.4. The molecule has 2 aliphatic carbocycles. The van der Waals surface area contributed by atoms with Gasteiger partial charge in [-0.2, -0.15) is 0 Å². The summed E-state index contributed by atoms with van der Waals surface area (Å²) in [6, 6.07) is 43.6. The van der Waals surface area contributed by atoms with Gasteiger partial charge in [0.25, 0.3) is 0 Å². The molecule has 3 atom stereocenters. The van der Waals surface area contributed by atoms with E-state index >= 15 is 0 Å². The van der Waals surface area contributed by atoms with Gasteiger partial charge in [0.1, 0.15) is 11.9 Å². The fraction of sp³-hybridized carbons (Fsp3) is 0.136. The van der Waals surface area contributed by atoms with Crippen LogP contribution in [0.1, 0.15) is 31.4 Å². The maximum absolute atomic E-state index is 6.98. The van der Waals surface area contributed by atoms with Crippen LogP contribution in [0.5, 0.6) is 5.75 Å². The third-order valence-corrected chi connectivity index (χ3v) is 10.4. The summed E-state index contributed by atoms with van der Waals surface area (Å²) in [7, 11) is 0. The molecule has 3 aliphatic rings. The Labute approximate surface area is 276 Å². The second-order valence-electron chi connectivity index (χ2n) is 13.4. The SMILES string of the molecule is CC1(c2ccccc2)C=CC(N(c2ccccc2)c2cc3c(c4c2c2ccccc2n4-c2ccccc2)OC2C=CC=CC32C)=CC1. The van der Waals surface area contributed by atoms with Gasteiger partial charge in [0.15, 0.2) is 0 Å². The van der Waals surface area contributed by atoms with Crippen molar-refractivity contribution in [2.24, 2.45) is 0 Å². The Morgan fingerprint density at radius 1 is 0.766 bits per heavy atom. The van der Waals surface area contributed by atoms with E-state index in [4.69, 9.17) is 4.74 Å². The van der Waals surface area contributed by atoms with E-state index in [1.807, 2.05) is 0 Å². The lowest BCUT2D eigenvalue weighted by atomic mass is 9.76. The number of hydrogen-bond donors (Lipinski definition) is 0. The molecule has 3 unspecified atom stereocenters. The molecule has 0 fully saturated rings. The minimum absolute atomic E-state index is 0.0720. The molecular formula is C44H36N2O. The smallest absolute Gasteiger partial charge is 0.149 e. The maximum Gasteiger partial charge on any atom is 0.149 e. The monoisotopic (exact) mass is 608 g/mol. The van der Waals surface area contributed by atoms with Crippen LogP contribution < -0.4 is 9.64 Å². The molecule has 3 nitrogen and oxygen atoms in total. The Bertz CT molecular complexity index is 2280. The molecule has 228 valence electrons. The molecule has 6 aromatic rings. The van der Waals surface area contributed by atoms with Crippen molar-refractivity contribution in [2.45, 2.75) is 37.2 Å². The molecule has 1 aliphatic heterocycles. The van der Waals surface area contributed by atoms with Crippen molar-refractivity contribution in [3.05, 3.63) is 181 Å². The predicted molar refractivity (Wildman–Crippen MR) is 195 cm³/mol. The van der Waals surface area contributed by atoms with E-state index in [0.717, 1.165) is 40.3 Å². The topological polar surface area (TPSA) is 17.4 Å². The second kappa shape index (κ2) is 10.5. The largest absolute Gasteiger partial charge is 0.483 e. The van der Waals surface area contributed by atoms with Crippen molar-refractivity contribution in [1.29, 1.82) is 0 Å². The Morgan fingerprint density at radius 3 is 2.21 bits per heavy atom. The first-order chi connectivity index (χ1) is 23.1. The molecule has 0 N–H and O–H groups in total. The first kappa shape index (κ1) is 27.7. The normalized spacial score (nSPS) is 22.6. The summed E-state index contributed by atoms with van der Waals surface area (Å²) in [6.45, 7) is 4.65. The molecule has 1 aromatic heterocycles. The highest BCUT2D eigenvalue weighted by Crippen LogP contribution is 2.55. The molecule has 0 radical (unpaired) electrons. The zero-order valence-electron chi connectivity index (χ0n) is 26.7. The third kappa shape index (κ3) is 4.19. The van der Waals surface area contributed by atoms with Gasteiger partial charge >= 0.3 is 0 Å². The van der Waals surface area contributed by atoms with Crippen LogP contribution in [-0.2, 0) is 10.8 Å². The molecule has 9 rings (SSSR count). The summed E-state index contributed by atoms with van der Waals surface area (Å²) >= 11 is 0. The van der Waals surface area contributed by atoms with Crippen molar-refractivity contribution < 1.29 is 4.74 Å². The first-order valence-electron chi connectivity index (χ1n) is 16.5. The van der Waals surface area contributed by atoms with Crippen LogP contribution in [-0.4, -0.2) is 10.7 Å². The minimum atomic E-state index is -0.296. The highest BCUT2D eigenvalue weighted by Gasteiger charge is 2.46. The van der Waals surface area contributed by atoms with Gasteiger partial charge in [-0.05, 0) is 67.5 Å².